The van der Waals surface area contributed by atoms with Gasteiger partial charge in [0.2, 0.25) is 0 Å². The first-order valence-electron chi connectivity index (χ1n) is 6.57. The van der Waals surface area contributed by atoms with Crippen molar-refractivity contribution in [3.8, 4) is 5.75 Å². The fourth-order valence-corrected chi connectivity index (χ4v) is 1.93. The number of hydrogen-bond donors (Lipinski definition) is 1. The maximum atomic E-state index is 6.24. The molecule has 100 valence electrons. The molecular weight excluding hydrogens is 226 g/mol. The van der Waals surface area contributed by atoms with Gasteiger partial charge in [-0.25, -0.2) is 0 Å². The predicted octanol–water partition coefficient (Wildman–Crippen LogP) is 3.04. The van der Waals surface area contributed by atoms with Gasteiger partial charge in [0.15, 0.2) is 0 Å². The van der Waals surface area contributed by atoms with Gasteiger partial charge < -0.3 is 15.2 Å². The number of rotatable bonds is 6. The zero-order chi connectivity index (χ0) is 13.2. The summed E-state index contributed by atoms with van der Waals surface area (Å²) in [7, 11) is 1.72. The summed E-state index contributed by atoms with van der Waals surface area (Å²) in [5, 5.41) is 0. The van der Waals surface area contributed by atoms with Crippen LogP contribution in [0.5, 0.6) is 5.75 Å². The molecule has 2 N–H and O–H groups in total. The van der Waals surface area contributed by atoms with E-state index in [0.717, 1.165) is 17.7 Å². The van der Waals surface area contributed by atoms with E-state index in [-0.39, 0.29) is 11.6 Å². The van der Waals surface area contributed by atoms with Crippen LogP contribution in [-0.4, -0.2) is 18.8 Å². The van der Waals surface area contributed by atoms with Gasteiger partial charge in [0.1, 0.15) is 5.75 Å². The summed E-state index contributed by atoms with van der Waals surface area (Å²) in [4.78, 5) is 0. The van der Waals surface area contributed by atoms with Crippen molar-refractivity contribution in [2.75, 3.05) is 7.11 Å². The van der Waals surface area contributed by atoms with E-state index in [2.05, 4.69) is 26.0 Å². The van der Waals surface area contributed by atoms with Crippen LogP contribution in [0.3, 0.4) is 0 Å². The fourth-order valence-electron chi connectivity index (χ4n) is 1.93. The molecule has 0 saturated heterocycles. The molecule has 1 unspecified atom stereocenters. The number of hydrogen-bond acceptors (Lipinski definition) is 3. The Bertz CT molecular complexity index is 399. The molecule has 0 aromatic heterocycles. The van der Waals surface area contributed by atoms with Gasteiger partial charge in [-0.15, -0.1) is 0 Å². The first kappa shape index (κ1) is 13.4. The van der Waals surface area contributed by atoms with Crippen molar-refractivity contribution < 1.29 is 9.47 Å². The Morgan fingerprint density at radius 3 is 2.72 bits per heavy atom. The van der Waals surface area contributed by atoms with Crippen molar-refractivity contribution in [2.45, 2.75) is 50.9 Å². The molecule has 1 aromatic carbocycles. The van der Waals surface area contributed by atoms with Crippen molar-refractivity contribution in [2.24, 2.45) is 5.73 Å². The summed E-state index contributed by atoms with van der Waals surface area (Å²) in [5.41, 5.74) is 7.14. The van der Waals surface area contributed by atoms with Crippen LogP contribution >= 0.6 is 0 Å². The average molecular weight is 249 g/mol. The lowest BCUT2D eigenvalue weighted by Crippen LogP contribution is -2.28. The number of ether oxygens (including phenoxy) is 2. The third kappa shape index (κ3) is 3.72. The summed E-state index contributed by atoms with van der Waals surface area (Å²) in [5.74, 6) is 0.931. The van der Waals surface area contributed by atoms with Crippen LogP contribution < -0.4 is 10.5 Å². The highest BCUT2D eigenvalue weighted by molar-refractivity contribution is 5.31. The Morgan fingerprint density at radius 2 is 2.11 bits per heavy atom. The third-order valence-corrected chi connectivity index (χ3v) is 3.38. The van der Waals surface area contributed by atoms with Gasteiger partial charge in [-0.05, 0) is 50.8 Å². The maximum Gasteiger partial charge on any atom is 0.120 e. The van der Waals surface area contributed by atoms with Crippen LogP contribution in [0.15, 0.2) is 24.3 Å². The van der Waals surface area contributed by atoms with Gasteiger partial charge in [-0.1, -0.05) is 12.1 Å². The van der Waals surface area contributed by atoms with Gasteiger partial charge in [-0.3, -0.25) is 0 Å². The summed E-state index contributed by atoms with van der Waals surface area (Å²) >= 11 is 0. The molecule has 3 heteroatoms. The Hall–Kier alpha value is -1.06. The molecule has 0 amide bonds. The molecule has 3 nitrogen and oxygen atoms in total. The number of benzene rings is 1. The van der Waals surface area contributed by atoms with Crippen molar-refractivity contribution in [1.29, 1.82) is 0 Å². The minimum atomic E-state index is -0.202. The van der Waals surface area contributed by atoms with Crippen LogP contribution in [-0.2, 0) is 4.74 Å². The SMILES string of the molecule is COC(C)(C)CC(N)c1cccc(OC2CC2)c1. The van der Waals surface area contributed by atoms with Crippen molar-refractivity contribution in [3.63, 3.8) is 0 Å². The molecule has 1 saturated carbocycles. The smallest absolute Gasteiger partial charge is 0.120 e. The van der Waals surface area contributed by atoms with Crippen molar-refractivity contribution in [1.82, 2.24) is 0 Å². The van der Waals surface area contributed by atoms with E-state index in [0.29, 0.717) is 6.10 Å². The van der Waals surface area contributed by atoms with E-state index in [9.17, 15) is 0 Å². The second-order valence-electron chi connectivity index (χ2n) is 5.66. The topological polar surface area (TPSA) is 44.5 Å². The van der Waals surface area contributed by atoms with Gasteiger partial charge in [-0.2, -0.15) is 0 Å². The Balaban J connectivity index is 2.02. The van der Waals surface area contributed by atoms with E-state index in [1.165, 1.54) is 12.8 Å². The molecule has 0 heterocycles. The van der Waals surface area contributed by atoms with E-state index in [1.807, 2.05) is 12.1 Å². The molecular formula is C15H23NO2. The fraction of sp³-hybridized carbons (Fsp3) is 0.600. The lowest BCUT2D eigenvalue weighted by molar-refractivity contribution is 0.00993. The Kier molecular flexibility index (Phi) is 3.93. The summed E-state index contributed by atoms with van der Waals surface area (Å²) < 4.78 is 11.2. The normalized spacial score (nSPS) is 17.6. The van der Waals surface area contributed by atoms with Crippen molar-refractivity contribution >= 4 is 0 Å². The molecule has 0 radical (unpaired) electrons. The van der Waals surface area contributed by atoms with Crippen LogP contribution in [0.2, 0.25) is 0 Å². The summed E-state index contributed by atoms with van der Waals surface area (Å²) in [6, 6.07) is 8.08. The lowest BCUT2D eigenvalue weighted by atomic mass is 9.94. The molecule has 1 aliphatic rings. The average Bonchev–Trinajstić information content (AvgIpc) is 3.13. The van der Waals surface area contributed by atoms with Crippen LogP contribution in [0.1, 0.15) is 44.7 Å². The second kappa shape index (κ2) is 5.29. The summed E-state index contributed by atoms with van der Waals surface area (Å²) in [6.07, 6.45) is 3.56. The molecule has 1 fully saturated rings. The largest absolute Gasteiger partial charge is 0.490 e. The zero-order valence-corrected chi connectivity index (χ0v) is 11.5. The first-order chi connectivity index (χ1) is 8.50. The molecule has 2 rings (SSSR count). The minimum Gasteiger partial charge on any atom is -0.490 e. The van der Waals surface area contributed by atoms with Crippen LogP contribution in [0.25, 0.3) is 0 Å². The minimum absolute atomic E-state index is 0.0253. The second-order valence-corrected chi connectivity index (χ2v) is 5.66. The third-order valence-electron chi connectivity index (χ3n) is 3.38. The van der Waals surface area contributed by atoms with Gasteiger partial charge in [0.25, 0.3) is 0 Å². The lowest BCUT2D eigenvalue weighted by Gasteiger charge is -2.26. The molecule has 1 aliphatic carbocycles. The highest BCUT2D eigenvalue weighted by Gasteiger charge is 2.24. The van der Waals surface area contributed by atoms with Gasteiger partial charge in [0.05, 0.1) is 11.7 Å². The van der Waals surface area contributed by atoms with Gasteiger partial charge >= 0.3 is 0 Å². The van der Waals surface area contributed by atoms with E-state index >= 15 is 0 Å². The number of methoxy groups -OCH3 is 1. The van der Waals surface area contributed by atoms with E-state index < -0.39 is 0 Å². The first-order valence-corrected chi connectivity index (χ1v) is 6.57. The molecule has 18 heavy (non-hydrogen) atoms. The highest BCUT2D eigenvalue weighted by Crippen LogP contribution is 2.30. The highest BCUT2D eigenvalue weighted by atomic mass is 16.5. The molecule has 0 aliphatic heterocycles. The monoisotopic (exact) mass is 249 g/mol. The molecule has 1 atom stereocenters. The Labute approximate surface area is 109 Å². The molecule has 1 aromatic rings. The number of nitrogens with two attached hydrogens (primary N) is 1. The van der Waals surface area contributed by atoms with Crippen molar-refractivity contribution in [3.05, 3.63) is 29.8 Å². The Morgan fingerprint density at radius 1 is 1.39 bits per heavy atom. The van der Waals surface area contributed by atoms with E-state index in [1.54, 1.807) is 7.11 Å². The zero-order valence-electron chi connectivity index (χ0n) is 11.5. The van der Waals surface area contributed by atoms with E-state index in [4.69, 9.17) is 15.2 Å². The predicted molar refractivity (Wildman–Crippen MR) is 72.7 cm³/mol. The van der Waals surface area contributed by atoms with Crippen LogP contribution in [0.4, 0.5) is 0 Å². The van der Waals surface area contributed by atoms with Crippen LogP contribution in [0, 0.1) is 0 Å². The van der Waals surface area contributed by atoms with Gasteiger partial charge in [0, 0.05) is 13.2 Å². The molecule has 0 spiro atoms. The maximum absolute atomic E-state index is 6.24. The summed E-state index contributed by atoms with van der Waals surface area (Å²) in [6.45, 7) is 4.11. The molecule has 0 bridgehead atoms. The quantitative estimate of drug-likeness (QED) is 0.842. The standard InChI is InChI=1S/C15H23NO2/c1-15(2,17-3)10-14(16)11-5-4-6-13(9-11)18-12-7-8-12/h4-6,9,12,14H,7-8,10,16H2,1-3H3.